The number of terminal acetylenes is 1. The van der Waals surface area contributed by atoms with E-state index in [1.54, 1.807) is 30.5 Å². The number of benzene rings is 4. The van der Waals surface area contributed by atoms with Gasteiger partial charge in [-0.05, 0) is 54.6 Å². The summed E-state index contributed by atoms with van der Waals surface area (Å²) in [5.41, 5.74) is 5.49. The standard InChI is InChI=1S/C45H50N10O3/c1-7-31-26-32(43(56)46-20-21-54-22-24-57-25-23-54)28-33(27-31)50-44-47-19-18-42(51-44)58-39-17-16-38(36-10-8-9-11-37(36)39)48-30-49-41-29-40(45(2,3)4)52-55(41)35-14-12-34(13-15-35)53(5)6/h1,8-19,26-29,48-49H,20-25,30H2,2-6H3,(H,46,56)(H,47,50,51). The lowest BCUT2D eigenvalue weighted by Gasteiger charge is -2.26. The van der Waals surface area contributed by atoms with Crippen LogP contribution in [0.4, 0.5) is 28.8 Å². The van der Waals surface area contributed by atoms with Gasteiger partial charge in [0.15, 0.2) is 0 Å². The first kappa shape index (κ1) is 39.6. The smallest absolute Gasteiger partial charge is 0.251 e. The molecule has 0 saturated carbocycles. The van der Waals surface area contributed by atoms with Crippen LogP contribution in [0.25, 0.3) is 16.5 Å². The summed E-state index contributed by atoms with van der Waals surface area (Å²) < 4.78 is 13.7. The van der Waals surface area contributed by atoms with Crippen molar-refractivity contribution in [2.24, 2.45) is 0 Å². The van der Waals surface area contributed by atoms with E-state index in [2.05, 4.69) is 104 Å². The number of nitrogens with zero attached hydrogens (tertiary/aromatic N) is 6. The number of aromatic nitrogens is 4. The first-order valence-corrected chi connectivity index (χ1v) is 19.4. The second-order valence-corrected chi connectivity index (χ2v) is 15.3. The molecule has 0 unspecified atom stereocenters. The number of nitrogens with one attached hydrogen (secondary N) is 4. The Labute approximate surface area is 339 Å². The average molecular weight is 779 g/mol. The van der Waals surface area contributed by atoms with Crippen LogP contribution in [-0.2, 0) is 10.2 Å². The number of rotatable bonds is 14. The Morgan fingerprint density at radius 3 is 2.47 bits per heavy atom. The third-order valence-electron chi connectivity index (χ3n) is 9.80. The highest BCUT2D eigenvalue weighted by Gasteiger charge is 2.21. The predicted octanol–water partition coefficient (Wildman–Crippen LogP) is 7.24. The normalized spacial score (nSPS) is 13.1. The Morgan fingerprint density at radius 2 is 1.72 bits per heavy atom. The van der Waals surface area contributed by atoms with Crippen LogP contribution in [0.15, 0.2) is 97.2 Å². The fraction of sp³-hybridized carbons (Fsp3) is 0.289. The molecule has 0 radical (unpaired) electrons. The third kappa shape index (κ3) is 9.66. The van der Waals surface area contributed by atoms with Crippen molar-refractivity contribution in [1.29, 1.82) is 0 Å². The van der Waals surface area contributed by atoms with Gasteiger partial charge in [-0.3, -0.25) is 9.69 Å². The van der Waals surface area contributed by atoms with E-state index in [4.69, 9.17) is 21.0 Å². The molecule has 298 valence electrons. The molecule has 1 fully saturated rings. The zero-order valence-corrected chi connectivity index (χ0v) is 33.7. The van der Waals surface area contributed by atoms with E-state index in [1.807, 2.05) is 49.1 Å². The molecule has 1 saturated heterocycles. The number of carbonyl (C=O) groups is 1. The van der Waals surface area contributed by atoms with Gasteiger partial charge in [-0.2, -0.15) is 10.1 Å². The molecule has 0 bridgehead atoms. The van der Waals surface area contributed by atoms with E-state index in [0.29, 0.717) is 60.8 Å². The van der Waals surface area contributed by atoms with Crippen LogP contribution in [0.5, 0.6) is 11.6 Å². The Kier molecular flexibility index (Phi) is 12.1. The number of amides is 1. The largest absolute Gasteiger partial charge is 0.438 e. The number of anilines is 5. The van der Waals surface area contributed by atoms with E-state index >= 15 is 0 Å². The minimum atomic E-state index is -0.209. The zero-order valence-electron chi connectivity index (χ0n) is 33.7. The molecule has 1 aliphatic heterocycles. The monoisotopic (exact) mass is 778 g/mol. The minimum absolute atomic E-state index is 0.122. The number of hydrogen-bond donors (Lipinski definition) is 4. The van der Waals surface area contributed by atoms with E-state index in [9.17, 15) is 4.79 Å². The van der Waals surface area contributed by atoms with Crippen LogP contribution in [0, 0.1) is 12.3 Å². The van der Waals surface area contributed by atoms with Gasteiger partial charge in [-0.25, -0.2) is 9.67 Å². The third-order valence-corrected chi connectivity index (χ3v) is 9.80. The maximum atomic E-state index is 13.1. The molecule has 7 rings (SSSR count). The molecule has 4 aromatic carbocycles. The van der Waals surface area contributed by atoms with Gasteiger partial charge >= 0.3 is 0 Å². The molecule has 2 aromatic heterocycles. The van der Waals surface area contributed by atoms with Gasteiger partial charge < -0.3 is 35.6 Å². The Morgan fingerprint density at radius 1 is 0.948 bits per heavy atom. The topological polar surface area (TPSA) is 134 Å². The van der Waals surface area contributed by atoms with Gasteiger partial charge in [0.05, 0.1) is 31.3 Å². The summed E-state index contributed by atoms with van der Waals surface area (Å²) in [5.74, 6) is 4.60. The molecule has 1 aliphatic rings. The fourth-order valence-corrected chi connectivity index (χ4v) is 6.58. The molecule has 13 nitrogen and oxygen atoms in total. The van der Waals surface area contributed by atoms with Gasteiger partial charge in [0.1, 0.15) is 11.6 Å². The van der Waals surface area contributed by atoms with Gasteiger partial charge in [-0.1, -0.05) is 51.0 Å². The van der Waals surface area contributed by atoms with Crippen LogP contribution in [0.2, 0.25) is 0 Å². The number of morpholine rings is 1. The number of carbonyl (C=O) groups excluding carboxylic acids is 1. The Bertz CT molecular complexity index is 2410. The maximum Gasteiger partial charge on any atom is 0.251 e. The number of fused-ring (bicyclic) bond motifs is 1. The average Bonchev–Trinajstić information content (AvgIpc) is 3.67. The maximum absolute atomic E-state index is 13.1. The van der Waals surface area contributed by atoms with E-state index in [1.165, 1.54) is 0 Å². The molecule has 58 heavy (non-hydrogen) atoms. The summed E-state index contributed by atoms with van der Waals surface area (Å²) in [5, 5.41) is 20.2. The molecular weight excluding hydrogens is 729 g/mol. The second kappa shape index (κ2) is 17.7. The quantitative estimate of drug-likeness (QED) is 0.0659. The van der Waals surface area contributed by atoms with Gasteiger partial charge in [0, 0.05) is 103 Å². The molecule has 0 spiro atoms. The van der Waals surface area contributed by atoms with Gasteiger partial charge in [0.25, 0.3) is 5.91 Å². The van der Waals surface area contributed by atoms with Crippen molar-refractivity contribution in [2.75, 3.05) is 81.0 Å². The lowest BCUT2D eigenvalue weighted by molar-refractivity contribution is 0.0383. The van der Waals surface area contributed by atoms with Crippen molar-refractivity contribution in [1.82, 2.24) is 30.0 Å². The van der Waals surface area contributed by atoms with Gasteiger partial charge in [-0.15, -0.1) is 6.42 Å². The first-order chi connectivity index (χ1) is 28.0. The van der Waals surface area contributed by atoms with Crippen LogP contribution in [0.1, 0.15) is 42.4 Å². The van der Waals surface area contributed by atoms with Crippen molar-refractivity contribution in [2.45, 2.75) is 26.2 Å². The molecule has 0 aliphatic carbocycles. The van der Waals surface area contributed by atoms with E-state index in [-0.39, 0.29) is 11.3 Å². The summed E-state index contributed by atoms with van der Waals surface area (Å²) in [6, 6.07) is 29.3. The van der Waals surface area contributed by atoms with Crippen LogP contribution < -0.4 is 30.9 Å². The predicted molar refractivity (Wildman–Crippen MR) is 232 cm³/mol. The Hall–Kier alpha value is -6.62. The van der Waals surface area contributed by atoms with Crippen molar-refractivity contribution < 1.29 is 14.3 Å². The highest BCUT2D eigenvalue weighted by atomic mass is 16.5. The molecule has 3 heterocycles. The molecule has 4 N–H and O–H groups in total. The van der Waals surface area contributed by atoms with Gasteiger partial charge in [0.2, 0.25) is 11.8 Å². The highest BCUT2D eigenvalue weighted by molar-refractivity contribution is 5.98. The zero-order chi connectivity index (χ0) is 40.6. The van der Waals surface area contributed by atoms with Crippen LogP contribution in [-0.4, -0.2) is 90.7 Å². The molecule has 13 heteroatoms. The first-order valence-electron chi connectivity index (χ1n) is 19.4. The summed E-state index contributed by atoms with van der Waals surface area (Å²) in [6.07, 6.45) is 7.38. The van der Waals surface area contributed by atoms with Crippen LogP contribution >= 0.6 is 0 Å². The van der Waals surface area contributed by atoms with E-state index < -0.39 is 0 Å². The molecule has 1 amide bonds. The summed E-state index contributed by atoms with van der Waals surface area (Å²) in [4.78, 5) is 26.4. The van der Waals surface area contributed by atoms with Crippen molar-refractivity contribution in [3.63, 3.8) is 0 Å². The fourth-order valence-electron chi connectivity index (χ4n) is 6.58. The highest BCUT2D eigenvalue weighted by Crippen LogP contribution is 2.34. The minimum Gasteiger partial charge on any atom is -0.438 e. The lowest BCUT2D eigenvalue weighted by atomic mass is 9.92. The second-order valence-electron chi connectivity index (χ2n) is 15.3. The van der Waals surface area contributed by atoms with Crippen molar-refractivity contribution in [3.8, 4) is 29.7 Å². The molecule has 0 atom stereocenters. The number of ether oxygens (including phenoxy) is 2. The lowest BCUT2D eigenvalue weighted by Crippen LogP contribution is -2.41. The molecule has 6 aromatic rings. The summed E-state index contributed by atoms with van der Waals surface area (Å²) >= 11 is 0. The summed E-state index contributed by atoms with van der Waals surface area (Å²) in [6.45, 7) is 11.4. The van der Waals surface area contributed by atoms with Crippen molar-refractivity contribution >= 4 is 45.5 Å². The summed E-state index contributed by atoms with van der Waals surface area (Å²) in [7, 11) is 4.06. The molecular formula is C45H50N10O3. The number of hydrogen-bond acceptors (Lipinski definition) is 11. The van der Waals surface area contributed by atoms with E-state index in [0.717, 1.165) is 59.0 Å². The Balaban J connectivity index is 1.03. The van der Waals surface area contributed by atoms with Crippen molar-refractivity contribution in [3.05, 3.63) is 114 Å². The SMILES string of the molecule is C#Cc1cc(Nc2nccc(Oc3ccc(NCNc4cc(C(C)(C)C)nn4-c4ccc(N(C)C)cc4)c4ccccc34)n2)cc(C(=O)NCCN2CCOCC2)c1. The van der Waals surface area contributed by atoms with Crippen LogP contribution in [0.3, 0.4) is 0 Å².